The quantitative estimate of drug-likeness (QED) is 0.122. The smallest absolute Gasteiger partial charge is 0.315 e. The van der Waals surface area contributed by atoms with Gasteiger partial charge >= 0.3 is 6.43 Å². The van der Waals surface area contributed by atoms with Crippen molar-refractivity contribution in [1.82, 2.24) is 5.32 Å². The Bertz CT molecular complexity index is 2240. The molecule has 0 heterocycles. The molecular weight excluding hydrogens is 773 g/mol. The Morgan fingerprint density at radius 1 is 0.691 bits per heavy atom. The number of nitrogens with one attached hydrogen (secondary N) is 1. The number of halogens is 4. The van der Waals surface area contributed by atoms with Gasteiger partial charge < -0.3 is 20.5 Å². The molecule has 4 rings (SSSR count). The van der Waals surface area contributed by atoms with Crippen molar-refractivity contribution in [3.63, 3.8) is 0 Å². The van der Waals surface area contributed by atoms with Crippen LogP contribution in [0.4, 0.5) is 28.9 Å². The summed E-state index contributed by atoms with van der Waals surface area (Å²) in [5.41, 5.74) is 5.99. The number of hydrogen-bond acceptors (Lipinski definition) is 10. The number of ether oxygens (including phenoxy) is 2. The van der Waals surface area contributed by atoms with Gasteiger partial charge in [0.1, 0.15) is 23.1 Å². The molecule has 296 valence electrons. The minimum absolute atomic E-state index is 0.0172. The lowest BCUT2D eigenvalue weighted by Crippen LogP contribution is -2.34. The zero-order valence-corrected chi connectivity index (χ0v) is 31.6. The van der Waals surface area contributed by atoms with E-state index < -0.39 is 62.1 Å². The summed E-state index contributed by atoms with van der Waals surface area (Å²) in [5, 5.41) is 1.74. The largest absolute Gasteiger partial charge is 0.497 e. The van der Waals surface area contributed by atoms with Crippen molar-refractivity contribution in [1.29, 1.82) is 0 Å². The van der Waals surface area contributed by atoms with E-state index in [0.717, 1.165) is 33.3 Å². The molecular formula is C36H38F4N4O9S2. The van der Waals surface area contributed by atoms with Crippen molar-refractivity contribution in [3.05, 3.63) is 119 Å². The van der Waals surface area contributed by atoms with Gasteiger partial charge in [0.2, 0.25) is 20.0 Å². The third-order valence-corrected chi connectivity index (χ3v) is 9.95. The first-order chi connectivity index (χ1) is 25.8. The van der Waals surface area contributed by atoms with Gasteiger partial charge in [-0.1, -0.05) is 36.4 Å². The summed E-state index contributed by atoms with van der Waals surface area (Å²) in [6.07, 6.45) is -1.26. The molecule has 0 spiro atoms. The molecule has 19 heteroatoms. The standard InChI is InChI=1S/C19H19F3N2O5S.C17H19FN2O4S/c1-29-15-5-3-4-14(9-15)24(30(2,27)28)11-13-7-6-12(8-16(13)20)17(25)10-23-19(26)18(21)22;1-24-15-5-3-4-14(9-15)20(25(2,22)23)11-13-7-6-12(8-16(13)18)17(21)10-19/h3-9,18H,10-11H2,1-2H3,(H,23,26);3-9H,10-11,19H2,1-2H3. The number of carbonyl (C=O) groups is 3. The maximum atomic E-state index is 14.5. The number of rotatable bonds is 16. The maximum Gasteiger partial charge on any atom is 0.315 e. The van der Waals surface area contributed by atoms with Gasteiger partial charge in [0.15, 0.2) is 11.6 Å². The highest BCUT2D eigenvalue weighted by atomic mass is 32.2. The van der Waals surface area contributed by atoms with Crippen molar-refractivity contribution in [2.45, 2.75) is 19.5 Å². The summed E-state index contributed by atoms with van der Waals surface area (Å²) in [7, 11) is -4.56. The van der Waals surface area contributed by atoms with E-state index in [-0.39, 0.29) is 47.6 Å². The summed E-state index contributed by atoms with van der Waals surface area (Å²) < 4.78 is 114. The molecule has 3 N–H and O–H groups in total. The fourth-order valence-electron chi connectivity index (χ4n) is 4.80. The molecule has 0 unspecified atom stereocenters. The first kappa shape index (κ1) is 43.9. The van der Waals surface area contributed by atoms with Crippen LogP contribution in [0, 0.1) is 11.6 Å². The van der Waals surface area contributed by atoms with Crippen molar-refractivity contribution >= 4 is 48.9 Å². The van der Waals surface area contributed by atoms with Crippen molar-refractivity contribution < 1.29 is 58.3 Å². The Labute approximate surface area is 315 Å². The average molecular weight is 811 g/mol. The Morgan fingerprint density at radius 2 is 1.11 bits per heavy atom. The number of methoxy groups -OCH3 is 2. The van der Waals surface area contributed by atoms with Gasteiger partial charge in [-0.2, -0.15) is 8.78 Å². The Balaban J connectivity index is 0.000000300. The molecule has 1 amide bonds. The molecule has 13 nitrogen and oxygen atoms in total. The van der Waals surface area contributed by atoms with Crippen LogP contribution >= 0.6 is 0 Å². The molecule has 0 saturated heterocycles. The number of sulfonamides is 2. The molecule has 0 atom stereocenters. The Hall–Kier alpha value is -5.53. The molecule has 0 aliphatic heterocycles. The van der Waals surface area contributed by atoms with Gasteiger partial charge in [-0.15, -0.1) is 0 Å². The number of ketones is 2. The number of Topliss-reactive ketones (excluding diaryl/α,β-unsaturated/α-hetero) is 2. The summed E-state index contributed by atoms with van der Waals surface area (Å²) in [6.45, 7) is -1.51. The number of anilines is 2. The number of hydrogen-bond donors (Lipinski definition) is 2. The van der Waals surface area contributed by atoms with Gasteiger partial charge in [-0.05, 0) is 36.4 Å². The second-order valence-corrected chi connectivity index (χ2v) is 15.4. The molecule has 55 heavy (non-hydrogen) atoms. The topological polar surface area (TPSA) is 182 Å². The normalized spacial score (nSPS) is 11.2. The summed E-state index contributed by atoms with van der Waals surface area (Å²) >= 11 is 0. The fourth-order valence-corrected chi connectivity index (χ4v) is 6.54. The lowest BCUT2D eigenvalue weighted by atomic mass is 10.1. The van der Waals surface area contributed by atoms with Gasteiger partial charge in [-0.3, -0.25) is 23.0 Å². The van der Waals surface area contributed by atoms with Crippen molar-refractivity contribution in [2.24, 2.45) is 5.73 Å². The summed E-state index contributed by atoms with van der Waals surface area (Å²) in [5.74, 6) is -3.42. The molecule has 4 aromatic rings. The minimum atomic E-state index is -3.79. The van der Waals surface area contributed by atoms with Crippen molar-refractivity contribution in [2.75, 3.05) is 48.4 Å². The van der Waals surface area contributed by atoms with E-state index in [4.69, 9.17) is 15.2 Å². The van der Waals surface area contributed by atoms with Crippen LogP contribution in [0.2, 0.25) is 0 Å². The molecule has 0 radical (unpaired) electrons. The molecule has 0 aliphatic carbocycles. The highest BCUT2D eigenvalue weighted by Crippen LogP contribution is 2.27. The van der Waals surface area contributed by atoms with Crippen LogP contribution in [0.5, 0.6) is 11.5 Å². The van der Waals surface area contributed by atoms with E-state index >= 15 is 0 Å². The Kier molecular flexibility index (Phi) is 15.3. The van der Waals surface area contributed by atoms with E-state index in [0.29, 0.717) is 17.2 Å². The summed E-state index contributed by atoms with van der Waals surface area (Å²) in [6, 6.07) is 19.8. The molecule has 4 aromatic carbocycles. The highest BCUT2D eigenvalue weighted by molar-refractivity contribution is 7.92. The molecule has 0 fully saturated rings. The fraction of sp³-hybridized carbons (Fsp3) is 0.250. The molecule has 0 bridgehead atoms. The van der Waals surface area contributed by atoms with Gasteiger partial charge in [0.05, 0.1) is 64.3 Å². The van der Waals surface area contributed by atoms with Crippen LogP contribution in [0.3, 0.4) is 0 Å². The molecule has 0 saturated carbocycles. The van der Waals surface area contributed by atoms with E-state index in [1.165, 1.54) is 50.6 Å². The maximum absolute atomic E-state index is 14.5. The van der Waals surface area contributed by atoms with E-state index in [1.54, 1.807) is 41.7 Å². The van der Waals surface area contributed by atoms with E-state index in [9.17, 15) is 48.8 Å². The zero-order chi connectivity index (χ0) is 41.1. The van der Waals surface area contributed by atoms with Crippen LogP contribution in [-0.2, 0) is 37.9 Å². The monoisotopic (exact) mass is 810 g/mol. The first-order valence-corrected chi connectivity index (χ1v) is 19.6. The SMILES string of the molecule is COc1cccc(N(Cc2ccc(C(=O)CN)cc2F)S(C)(=O)=O)c1.COc1cccc(N(Cc2ccc(C(=O)CNC(=O)C(F)F)cc2F)S(C)(=O)=O)c1. The van der Waals surface area contributed by atoms with Crippen LogP contribution < -0.4 is 29.1 Å². The number of nitrogens with zero attached hydrogens (tertiary/aromatic N) is 2. The van der Waals surface area contributed by atoms with Crippen LogP contribution in [0.15, 0.2) is 84.9 Å². The minimum Gasteiger partial charge on any atom is -0.497 e. The van der Waals surface area contributed by atoms with Crippen molar-refractivity contribution in [3.8, 4) is 11.5 Å². The lowest BCUT2D eigenvalue weighted by Gasteiger charge is -2.23. The second kappa shape index (κ2) is 19.2. The third-order valence-electron chi connectivity index (χ3n) is 7.67. The average Bonchev–Trinajstić information content (AvgIpc) is 3.14. The molecule has 0 aliphatic rings. The zero-order valence-electron chi connectivity index (χ0n) is 30.0. The van der Waals surface area contributed by atoms with Gasteiger partial charge in [0.25, 0.3) is 5.91 Å². The number of alkyl halides is 2. The number of benzene rings is 4. The first-order valence-electron chi connectivity index (χ1n) is 15.9. The molecule has 0 aromatic heterocycles. The van der Waals surface area contributed by atoms with E-state index in [1.807, 2.05) is 0 Å². The third kappa shape index (κ3) is 12.5. The predicted octanol–water partition coefficient (Wildman–Crippen LogP) is 4.31. The Morgan fingerprint density at radius 3 is 1.45 bits per heavy atom. The number of amides is 1. The summed E-state index contributed by atoms with van der Waals surface area (Å²) in [4.78, 5) is 34.3. The van der Waals surface area contributed by atoms with Gasteiger partial charge in [-0.25, -0.2) is 25.6 Å². The lowest BCUT2D eigenvalue weighted by molar-refractivity contribution is -0.131. The number of carbonyl (C=O) groups excluding carboxylic acids is 3. The second-order valence-electron chi connectivity index (χ2n) is 11.6. The van der Waals surface area contributed by atoms with E-state index in [2.05, 4.69) is 0 Å². The van der Waals surface area contributed by atoms with Crippen LogP contribution in [0.25, 0.3) is 0 Å². The highest BCUT2D eigenvalue weighted by Gasteiger charge is 2.23. The van der Waals surface area contributed by atoms with Crippen LogP contribution in [0.1, 0.15) is 31.8 Å². The van der Waals surface area contributed by atoms with Crippen LogP contribution in [-0.4, -0.2) is 80.6 Å². The number of nitrogens with two attached hydrogens (primary N) is 1. The predicted molar refractivity (Wildman–Crippen MR) is 198 cm³/mol. The van der Waals surface area contributed by atoms with Gasteiger partial charge in [0, 0.05) is 34.4 Å².